The lowest BCUT2D eigenvalue weighted by Gasteiger charge is -2.34. The normalized spacial score (nSPS) is 23.7. The van der Waals surface area contributed by atoms with E-state index in [9.17, 15) is 27.2 Å². The molecule has 0 saturated carbocycles. The molecule has 32 heavy (non-hydrogen) atoms. The van der Waals surface area contributed by atoms with E-state index in [-0.39, 0.29) is 16.4 Å². The molecule has 1 aromatic heterocycles. The molecule has 0 spiro atoms. The van der Waals surface area contributed by atoms with Crippen LogP contribution in [0.2, 0.25) is 5.02 Å². The van der Waals surface area contributed by atoms with Crippen LogP contribution in [-0.2, 0) is 15.8 Å². The second-order valence-corrected chi connectivity index (χ2v) is 8.56. The Morgan fingerprint density at radius 3 is 2.06 bits per heavy atom. The van der Waals surface area contributed by atoms with Crippen LogP contribution in [0.3, 0.4) is 0 Å². The number of nitrogens with one attached hydrogen (secondary N) is 1. The van der Waals surface area contributed by atoms with Crippen LogP contribution in [0.15, 0.2) is 30.3 Å². The Bertz CT molecular complexity index is 1060. The summed E-state index contributed by atoms with van der Waals surface area (Å²) in [5.41, 5.74) is -1.03. The maximum absolute atomic E-state index is 13.6. The molecule has 172 valence electrons. The van der Waals surface area contributed by atoms with Gasteiger partial charge in [0.15, 0.2) is 0 Å². The van der Waals surface area contributed by atoms with Crippen molar-refractivity contribution in [3.05, 3.63) is 46.7 Å². The van der Waals surface area contributed by atoms with Gasteiger partial charge in [-0.1, -0.05) is 25.4 Å². The number of carbonyl (C=O) groups is 2. The highest BCUT2D eigenvalue weighted by atomic mass is 35.5. The molecule has 2 unspecified atom stereocenters. The molecule has 10 heteroatoms. The van der Waals surface area contributed by atoms with E-state index in [1.807, 2.05) is 0 Å². The number of pyridine rings is 1. The van der Waals surface area contributed by atoms with E-state index in [1.54, 1.807) is 27.7 Å². The zero-order valence-corrected chi connectivity index (χ0v) is 18.7. The van der Waals surface area contributed by atoms with Gasteiger partial charge in [0.1, 0.15) is 11.6 Å². The molecule has 3 rings (SSSR count). The van der Waals surface area contributed by atoms with Crippen LogP contribution in [-0.4, -0.2) is 21.8 Å². The van der Waals surface area contributed by atoms with Crippen molar-refractivity contribution in [3.8, 4) is 11.3 Å². The molecule has 2 heterocycles. The minimum Gasteiger partial charge on any atom is -0.272 e. The lowest BCUT2D eigenvalue weighted by atomic mass is 9.64. The van der Waals surface area contributed by atoms with Gasteiger partial charge in [-0.3, -0.25) is 15.0 Å². The molecule has 1 aliphatic heterocycles. The second kappa shape index (κ2) is 8.03. The van der Waals surface area contributed by atoms with Crippen LogP contribution in [0.25, 0.3) is 11.3 Å². The first-order valence-electron chi connectivity index (χ1n) is 9.99. The summed E-state index contributed by atoms with van der Waals surface area (Å²) in [6, 6.07) is 4.91. The van der Waals surface area contributed by atoms with Crippen LogP contribution < -0.4 is 5.43 Å². The summed E-state index contributed by atoms with van der Waals surface area (Å²) >= 11 is 5.74. The highest BCUT2D eigenvalue weighted by molar-refractivity contribution is 6.31. The Kier molecular flexibility index (Phi) is 6.01. The largest absolute Gasteiger partial charge is 0.418 e. The number of benzene rings is 1. The van der Waals surface area contributed by atoms with E-state index in [2.05, 4.69) is 10.4 Å². The number of halogens is 5. The molecule has 1 N–H and O–H groups in total. The van der Waals surface area contributed by atoms with Crippen LogP contribution >= 0.6 is 11.6 Å². The number of nitrogens with zero attached hydrogens (tertiary/aromatic N) is 2. The Labute approximate surface area is 187 Å². The first kappa shape index (κ1) is 24.0. The molecular weight excluding hydrogens is 450 g/mol. The summed E-state index contributed by atoms with van der Waals surface area (Å²) < 4.78 is 54.3. The average Bonchev–Trinajstić information content (AvgIpc) is 2.88. The van der Waals surface area contributed by atoms with Gasteiger partial charge in [-0.15, -0.1) is 0 Å². The fourth-order valence-corrected chi connectivity index (χ4v) is 4.15. The molecule has 1 aromatic carbocycles. The third-order valence-electron chi connectivity index (χ3n) is 6.60. The number of carbonyl (C=O) groups excluding carboxylic acids is 2. The van der Waals surface area contributed by atoms with Gasteiger partial charge in [-0.25, -0.2) is 9.37 Å². The molecule has 0 radical (unpaired) electrons. The Morgan fingerprint density at radius 1 is 1.03 bits per heavy atom. The summed E-state index contributed by atoms with van der Waals surface area (Å²) in [4.78, 5) is 30.2. The van der Waals surface area contributed by atoms with Crippen LogP contribution in [0.5, 0.6) is 0 Å². The SMILES string of the molecule is CCC1(C)C(=O)N(Nc2ccc(C(F)(F)F)c(-c3ccc(F)c(Cl)c3)n2)C(=O)C1(C)CC. The number of aromatic nitrogens is 1. The molecule has 5 nitrogen and oxygen atoms in total. The zero-order chi connectivity index (χ0) is 24.1. The standard InChI is InChI=1S/C22H22ClF4N3O2/c1-5-20(3)18(31)30(19(32)21(20,4)6-2)29-16-10-8-13(22(25,26)27)17(28-16)12-7-9-15(24)14(23)11-12/h7-11H,5-6H2,1-4H3,(H,28,29). The van der Waals surface area contributed by atoms with Gasteiger partial charge in [0.25, 0.3) is 11.8 Å². The third kappa shape index (κ3) is 3.62. The Morgan fingerprint density at radius 2 is 1.59 bits per heavy atom. The maximum Gasteiger partial charge on any atom is 0.418 e. The Hall–Kier alpha value is -2.68. The summed E-state index contributed by atoms with van der Waals surface area (Å²) in [5, 5.41) is 0.461. The van der Waals surface area contributed by atoms with Gasteiger partial charge in [-0.05, 0) is 57.0 Å². The average molecular weight is 472 g/mol. The number of hydrazine groups is 1. The van der Waals surface area contributed by atoms with Crippen molar-refractivity contribution in [2.75, 3.05) is 5.43 Å². The highest BCUT2D eigenvalue weighted by Crippen LogP contribution is 2.52. The van der Waals surface area contributed by atoms with Gasteiger partial charge < -0.3 is 0 Å². The lowest BCUT2D eigenvalue weighted by molar-refractivity contribution is -0.140. The van der Waals surface area contributed by atoms with Gasteiger partial charge in [-0.2, -0.15) is 18.2 Å². The molecule has 2 aromatic rings. The van der Waals surface area contributed by atoms with E-state index in [0.29, 0.717) is 12.8 Å². The molecule has 2 atom stereocenters. The minimum atomic E-state index is -4.75. The van der Waals surface area contributed by atoms with Crippen molar-refractivity contribution >= 4 is 29.2 Å². The first-order chi connectivity index (χ1) is 14.8. The molecule has 1 saturated heterocycles. The number of imide groups is 1. The van der Waals surface area contributed by atoms with Crippen molar-refractivity contribution in [2.24, 2.45) is 10.8 Å². The lowest BCUT2D eigenvalue weighted by Crippen LogP contribution is -2.39. The summed E-state index contributed by atoms with van der Waals surface area (Å²) in [5.74, 6) is -1.90. The minimum absolute atomic E-state index is 0.0664. The number of hydrogen-bond acceptors (Lipinski definition) is 4. The summed E-state index contributed by atoms with van der Waals surface area (Å²) in [6.07, 6.45) is -3.94. The van der Waals surface area contributed by atoms with E-state index in [0.717, 1.165) is 35.3 Å². The van der Waals surface area contributed by atoms with E-state index in [1.165, 1.54) is 0 Å². The van der Waals surface area contributed by atoms with E-state index >= 15 is 0 Å². The molecule has 0 bridgehead atoms. The van der Waals surface area contributed by atoms with E-state index in [4.69, 9.17) is 11.6 Å². The monoisotopic (exact) mass is 471 g/mol. The van der Waals surface area contributed by atoms with Crippen molar-refractivity contribution < 1.29 is 27.2 Å². The van der Waals surface area contributed by atoms with Crippen LogP contribution in [0.1, 0.15) is 46.1 Å². The molecule has 0 aliphatic carbocycles. The Balaban J connectivity index is 2.08. The number of rotatable bonds is 5. The van der Waals surface area contributed by atoms with Crippen molar-refractivity contribution in [3.63, 3.8) is 0 Å². The first-order valence-corrected chi connectivity index (χ1v) is 10.4. The number of anilines is 1. The van der Waals surface area contributed by atoms with Gasteiger partial charge in [0, 0.05) is 5.56 Å². The third-order valence-corrected chi connectivity index (χ3v) is 6.89. The van der Waals surface area contributed by atoms with Gasteiger partial charge in [0.05, 0.1) is 27.1 Å². The smallest absolute Gasteiger partial charge is 0.272 e. The van der Waals surface area contributed by atoms with Crippen molar-refractivity contribution in [1.29, 1.82) is 0 Å². The molecule has 2 amide bonds. The van der Waals surface area contributed by atoms with Gasteiger partial charge in [0.2, 0.25) is 0 Å². The molecule has 1 aliphatic rings. The van der Waals surface area contributed by atoms with Gasteiger partial charge >= 0.3 is 6.18 Å². The fraction of sp³-hybridized carbons (Fsp3) is 0.409. The predicted molar refractivity (Wildman–Crippen MR) is 112 cm³/mol. The van der Waals surface area contributed by atoms with Crippen molar-refractivity contribution in [2.45, 2.75) is 46.7 Å². The van der Waals surface area contributed by atoms with Crippen molar-refractivity contribution in [1.82, 2.24) is 9.99 Å². The number of amides is 2. The predicted octanol–water partition coefficient (Wildman–Crippen LogP) is 6.09. The number of alkyl halides is 3. The molecule has 1 fully saturated rings. The topological polar surface area (TPSA) is 62.3 Å². The molecular formula is C22H22ClF4N3O2. The number of hydrogen-bond donors (Lipinski definition) is 1. The fourth-order valence-electron chi connectivity index (χ4n) is 3.97. The highest BCUT2D eigenvalue weighted by Gasteiger charge is 2.63. The summed E-state index contributed by atoms with van der Waals surface area (Å²) in [7, 11) is 0. The maximum atomic E-state index is 13.6. The van der Waals surface area contributed by atoms with Crippen LogP contribution in [0, 0.1) is 16.6 Å². The quantitative estimate of drug-likeness (QED) is 0.423. The summed E-state index contributed by atoms with van der Waals surface area (Å²) in [6.45, 7) is 7.00. The van der Waals surface area contributed by atoms with E-state index < -0.39 is 45.9 Å². The second-order valence-electron chi connectivity index (χ2n) is 8.15. The zero-order valence-electron chi connectivity index (χ0n) is 17.9. The van der Waals surface area contributed by atoms with Crippen LogP contribution in [0.4, 0.5) is 23.4 Å².